The standard InChI is InChI=1S/C19H18FN5O3S/c20-15-6-8-16(9-7-15)29(27,28)21-10-17-18-12-24(11-14-4-2-1-3-5-14)19(26)13-25(18)23-22-17/h1-9,21H,10-13H2. The molecule has 0 saturated heterocycles. The van der Waals surface area contributed by atoms with Crippen molar-refractivity contribution in [3.63, 3.8) is 0 Å². The molecule has 0 spiro atoms. The van der Waals surface area contributed by atoms with Gasteiger partial charge in [-0.2, -0.15) is 0 Å². The molecular weight excluding hydrogens is 397 g/mol. The van der Waals surface area contributed by atoms with Gasteiger partial charge in [-0.25, -0.2) is 22.2 Å². The molecule has 0 saturated carbocycles. The Balaban J connectivity index is 1.49. The molecule has 0 atom stereocenters. The second-order valence-corrected chi connectivity index (χ2v) is 8.42. The van der Waals surface area contributed by atoms with Gasteiger partial charge in [-0.3, -0.25) is 4.79 Å². The highest BCUT2D eigenvalue weighted by Crippen LogP contribution is 2.19. The molecule has 29 heavy (non-hydrogen) atoms. The molecule has 150 valence electrons. The van der Waals surface area contributed by atoms with Crippen molar-refractivity contribution >= 4 is 15.9 Å². The summed E-state index contributed by atoms with van der Waals surface area (Å²) in [5, 5.41) is 8.00. The number of benzene rings is 2. The molecule has 1 aliphatic heterocycles. The minimum atomic E-state index is -3.83. The van der Waals surface area contributed by atoms with E-state index in [0.29, 0.717) is 17.9 Å². The summed E-state index contributed by atoms with van der Waals surface area (Å²) in [5.41, 5.74) is 2.13. The van der Waals surface area contributed by atoms with Crippen molar-refractivity contribution in [1.82, 2.24) is 24.6 Å². The number of nitrogens with one attached hydrogen (secondary N) is 1. The zero-order chi connectivity index (χ0) is 20.4. The van der Waals surface area contributed by atoms with Crippen molar-refractivity contribution in [2.45, 2.75) is 31.1 Å². The van der Waals surface area contributed by atoms with Gasteiger partial charge in [0.2, 0.25) is 15.9 Å². The summed E-state index contributed by atoms with van der Waals surface area (Å²) in [5.74, 6) is -0.593. The van der Waals surface area contributed by atoms with Crippen LogP contribution in [0.4, 0.5) is 4.39 Å². The molecule has 0 radical (unpaired) electrons. The van der Waals surface area contributed by atoms with Crippen LogP contribution in [-0.4, -0.2) is 34.2 Å². The third kappa shape index (κ3) is 4.17. The molecule has 4 rings (SSSR count). The van der Waals surface area contributed by atoms with E-state index in [0.717, 1.165) is 17.7 Å². The first-order valence-electron chi connectivity index (χ1n) is 8.90. The number of hydrogen-bond acceptors (Lipinski definition) is 5. The van der Waals surface area contributed by atoms with E-state index in [-0.39, 0.29) is 30.4 Å². The van der Waals surface area contributed by atoms with Crippen molar-refractivity contribution in [2.24, 2.45) is 0 Å². The Morgan fingerprint density at radius 1 is 1.03 bits per heavy atom. The Morgan fingerprint density at radius 2 is 1.76 bits per heavy atom. The summed E-state index contributed by atoms with van der Waals surface area (Å²) in [6.07, 6.45) is 0. The summed E-state index contributed by atoms with van der Waals surface area (Å²) in [6.45, 7) is 0.711. The van der Waals surface area contributed by atoms with E-state index in [4.69, 9.17) is 0 Å². The lowest BCUT2D eigenvalue weighted by atomic mass is 10.2. The van der Waals surface area contributed by atoms with Crippen LogP contribution in [0.1, 0.15) is 17.0 Å². The summed E-state index contributed by atoms with van der Waals surface area (Å²) >= 11 is 0. The molecule has 0 fully saturated rings. The second-order valence-electron chi connectivity index (χ2n) is 6.65. The average Bonchev–Trinajstić information content (AvgIpc) is 3.09. The smallest absolute Gasteiger partial charge is 0.245 e. The van der Waals surface area contributed by atoms with Crippen molar-refractivity contribution < 1.29 is 17.6 Å². The van der Waals surface area contributed by atoms with E-state index >= 15 is 0 Å². The van der Waals surface area contributed by atoms with Crippen molar-refractivity contribution in [2.75, 3.05) is 0 Å². The third-order valence-electron chi connectivity index (χ3n) is 4.67. The first-order chi connectivity index (χ1) is 13.9. The maximum Gasteiger partial charge on any atom is 0.245 e. The van der Waals surface area contributed by atoms with Crippen molar-refractivity contribution in [3.05, 3.63) is 77.4 Å². The molecule has 1 N–H and O–H groups in total. The molecule has 0 bridgehead atoms. The summed E-state index contributed by atoms with van der Waals surface area (Å²) < 4.78 is 41.8. The Kier molecular flexibility index (Phi) is 5.12. The van der Waals surface area contributed by atoms with Gasteiger partial charge in [0.1, 0.15) is 18.1 Å². The molecule has 10 heteroatoms. The van der Waals surface area contributed by atoms with E-state index in [1.807, 2.05) is 30.3 Å². The fraction of sp³-hybridized carbons (Fsp3) is 0.211. The fourth-order valence-corrected chi connectivity index (χ4v) is 4.10. The highest BCUT2D eigenvalue weighted by molar-refractivity contribution is 7.89. The first kappa shape index (κ1) is 19.2. The monoisotopic (exact) mass is 415 g/mol. The summed E-state index contributed by atoms with van der Waals surface area (Å²) in [4.78, 5) is 14.0. The Labute approximate surface area is 167 Å². The lowest BCUT2D eigenvalue weighted by Crippen LogP contribution is -2.39. The molecule has 0 aliphatic carbocycles. The molecular formula is C19H18FN5O3S. The molecule has 2 aromatic carbocycles. The number of halogens is 1. The lowest BCUT2D eigenvalue weighted by Gasteiger charge is -2.27. The zero-order valence-corrected chi connectivity index (χ0v) is 16.1. The largest absolute Gasteiger partial charge is 0.331 e. The van der Waals surface area contributed by atoms with Gasteiger partial charge in [-0.15, -0.1) is 5.10 Å². The van der Waals surface area contributed by atoms with Crippen molar-refractivity contribution in [3.8, 4) is 0 Å². The number of fused-ring (bicyclic) bond motifs is 1. The Hall–Kier alpha value is -3.11. The number of rotatable bonds is 6. The van der Waals surface area contributed by atoms with Crippen LogP contribution in [0.3, 0.4) is 0 Å². The summed E-state index contributed by atoms with van der Waals surface area (Å²) in [6, 6.07) is 14.2. The number of sulfonamides is 1. The summed E-state index contributed by atoms with van der Waals surface area (Å²) in [7, 11) is -3.83. The van der Waals surface area contributed by atoms with Gasteiger partial charge >= 0.3 is 0 Å². The molecule has 2 heterocycles. The van der Waals surface area contributed by atoms with Crippen LogP contribution >= 0.6 is 0 Å². The number of amides is 1. The Bertz CT molecular complexity index is 1130. The molecule has 8 nitrogen and oxygen atoms in total. The number of aromatic nitrogens is 3. The van der Waals surface area contributed by atoms with E-state index in [1.54, 1.807) is 4.90 Å². The van der Waals surface area contributed by atoms with Crippen LogP contribution in [0, 0.1) is 5.82 Å². The molecule has 3 aromatic rings. The van der Waals surface area contributed by atoms with Crippen LogP contribution in [0.15, 0.2) is 59.5 Å². The normalized spacial score (nSPS) is 14.1. The number of hydrogen-bond donors (Lipinski definition) is 1. The average molecular weight is 415 g/mol. The quantitative estimate of drug-likeness (QED) is 0.657. The van der Waals surface area contributed by atoms with Gasteiger partial charge in [0.05, 0.1) is 23.7 Å². The van der Waals surface area contributed by atoms with Crippen LogP contribution in [0.5, 0.6) is 0 Å². The maximum atomic E-state index is 13.0. The topological polar surface area (TPSA) is 97.2 Å². The van der Waals surface area contributed by atoms with E-state index < -0.39 is 15.8 Å². The van der Waals surface area contributed by atoms with E-state index in [1.165, 1.54) is 16.8 Å². The number of nitrogens with zero attached hydrogens (tertiary/aromatic N) is 4. The van der Waals surface area contributed by atoms with Gasteiger partial charge in [0, 0.05) is 6.54 Å². The fourth-order valence-electron chi connectivity index (χ4n) is 3.11. The van der Waals surface area contributed by atoms with Crippen molar-refractivity contribution in [1.29, 1.82) is 0 Å². The van der Waals surface area contributed by atoms with Crippen LogP contribution in [0.2, 0.25) is 0 Å². The zero-order valence-electron chi connectivity index (χ0n) is 15.3. The minimum Gasteiger partial charge on any atom is -0.331 e. The van der Waals surface area contributed by atoms with Gasteiger partial charge in [-0.1, -0.05) is 35.5 Å². The van der Waals surface area contributed by atoms with Crippen LogP contribution in [-0.2, 0) is 41.0 Å². The first-order valence-corrected chi connectivity index (χ1v) is 10.4. The highest BCUT2D eigenvalue weighted by atomic mass is 32.2. The third-order valence-corrected chi connectivity index (χ3v) is 6.08. The molecule has 0 unspecified atom stereocenters. The van der Waals surface area contributed by atoms with Crippen LogP contribution in [0.25, 0.3) is 0 Å². The predicted molar refractivity (Wildman–Crippen MR) is 101 cm³/mol. The van der Waals surface area contributed by atoms with E-state index in [9.17, 15) is 17.6 Å². The van der Waals surface area contributed by atoms with Gasteiger partial charge in [-0.05, 0) is 29.8 Å². The highest BCUT2D eigenvalue weighted by Gasteiger charge is 2.27. The maximum absolute atomic E-state index is 13.0. The van der Waals surface area contributed by atoms with Crippen LogP contribution < -0.4 is 4.72 Å². The Morgan fingerprint density at radius 3 is 2.48 bits per heavy atom. The second kappa shape index (κ2) is 7.72. The molecule has 1 aromatic heterocycles. The van der Waals surface area contributed by atoms with Gasteiger partial charge in [0.25, 0.3) is 0 Å². The molecule has 1 amide bonds. The van der Waals surface area contributed by atoms with E-state index in [2.05, 4.69) is 15.0 Å². The van der Waals surface area contributed by atoms with Gasteiger partial charge in [0.15, 0.2) is 0 Å². The van der Waals surface area contributed by atoms with Gasteiger partial charge < -0.3 is 4.90 Å². The lowest BCUT2D eigenvalue weighted by molar-refractivity contribution is -0.135. The number of carbonyl (C=O) groups excluding carboxylic acids is 1. The SMILES string of the molecule is O=C1Cn2nnc(CNS(=O)(=O)c3ccc(F)cc3)c2CN1Cc1ccccc1. The predicted octanol–water partition coefficient (Wildman–Crippen LogP) is 1.44. The molecule has 1 aliphatic rings. The number of carbonyl (C=O) groups is 1. The minimum absolute atomic E-state index is 0.0409.